The number of benzene rings is 1. The van der Waals surface area contributed by atoms with Crippen LogP contribution in [0.15, 0.2) is 47.3 Å². The van der Waals surface area contributed by atoms with Gasteiger partial charge in [0.05, 0.1) is 7.11 Å². The molecule has 4 heteroatoms. The Kier molecular flexibility index (Phi) is 5.76. The average Bonchev–Trinajstić information content (AvgIpc) is 2.65. The Morgan fingerprint density at radius 2 is 2.08 bits per heavy atom. The maximum atomic E-state index is 12.2. The van der Waals surface area contributed by atoms with Crippen LogP contribution in [0.2, 0.25) is 0 Å². The van der Waals surface area contributed by atoms with Crippen LogP contribution in [0.1, 0.15) is 42.4 Å². The molecule has 0 heterocycles. The molecule has 0 N–H and O–H groups in total. The lowest BCUT2D eigenvalue weighted by Crippen LogP contribution is -2.13. The minimum absolute atomic E-state index is 0.312. The highest BCUT2D eigenvalue weighted by molar-refractivity contribution is 14.1. The molecule has 0 saturated heterocycles. The van der Waals surface area contributed by atoms with E-state index in [9.17, 15) is 4.79 Å². The second-order valence-corrected chi connectivity index (χ2v) is 6.51. The maximum Gasteiger partial charge on any atom is 0.351 e. The fourth-order valence-corrected chi connectivity index (χ4v) is 3.74. The Morgan fingerprint density at radius 3 is 2.88 bits per heavy atom. The number of carbonyl (C=O) groups excluding carboxylic acids is 1. The number of rotatable bonds is 5. The van der Waals surface area contributed by atoms with E-state index in [1.165, 1.54) is 16.7 Å². The van der Waals surface area contributed by atoms with E-state index in [0.29, 0.717) is 5.57 Å². The molecule has 0 bridgehead atoms. The molecule has 0 aliphatic heterocycles. The molecule has 0 saturated carbocycles. The summed E-state index contributed by atoms with van der Waals surface area (Å²) in [7, 11) is 1.62. The first-order chi connectivity index (χ1) is 11.7. The van der Waals surface area contributed by atoms with Crippen molar-refractivity contribution in [1.29, 1.82) is 0 Å². The quantitative estimate of drug-likeness (QED) is 0.604. The Morgan fingerprint density at radius 1 is 1.21 bits per heavy atom. The molecule has 24 heavy (non-hydrogen) atoms. The van der Waals surface area contributed by atoms with Crippen LogP contribution < -0.4 is 0 Å². The Labute approximate surface area is 157 Å². The highest BCUT2D eigenvalue weighted by Gasteiger charge is 2.24. The smallest absolute Gasteiger partial charge is 0.351 e. The number of methoxy groups -OCH3 is 1. The monoisotopic (exact) mass is 436 g/mol. The summed E-state index contributed by atoms with van der Waals surface area (Å²) in [5, 5.41) is 0. The average molecular weight is 436 g/mol. The number of fused-ring (bicyclic) bond motifs is 1. The SMILES string of the molecule is COC1=C(C(=O)OI)C(CCc2cccc3c2C=CCC3)=CCC1. The fourth-order valence-electron chi connectivity index (χ4n) is 3.52. The van der Waals surface area contributed by atoms with E-state index in [0.717, 1.165) is 49.9 Å². The number of carbonyl (C=O) groups is 1. The first kappa shape index (κ1) is 17.3. The minimum Gasteiger partial charge on any atom is -0.500 e. The molecular formula is C20H21IO3. The predicted molar refractivity (Wildman–Crippen MR) is 104 cm³/mol. The van der Waals surface area contributed by atoms with Crippen molar-refractivity contribution in [1.82, 2.24) is 0 Å². The van der Waals surface area contributed by atoms with E-state index in [1.807, 2.05) is 0 Å². The van der Waals surface area contributed by atoms with Crippen LogP contribution in [-0.4, -0.2) is 13.1 Å². The Bertz CT molecular complexity index is 728. The van der Waals surface area contributed by atoms with Gasteiger partial charge < -0.3 is 7.80 Å². The van der Waals surface area contributed by atoms with E-state index in [1.54, 1.807) is 30.1 Å². The summed E-state index contributed by atoms with van der Waals surface area (Å²) in [4.78, 5) is 12.2. The van der Waals surface area contributed by atoms with Crippen molar-refractivity contribution in [2.75, 3.05) is 7.11 Å². The lowest BCUT2D eigenvalue weighted by molar-refractivity contribution is -0.127. The molecule has 0 atom stereocenters. The van der Waals surface area contributed by atoms with Crippen LogP contribution in [0.3, 0.4) is 0 Å². The van der Waals surface area contributed by atoms with Crippen molar-refractivity contribution >= 4 is 35.1 Å². The summed E-state index contributed by atoms with van der Waals surface area (Å²) in [6.07, 6.45) is 12.3. The van der Waals surface area contributed by atoms with Crippen molar-refractivity contribution in [2.24, 2.45) is 0 Å². The maximum absolute atomic E-state index is 12.2. The largest absolute Gasteiger partial charge is 0.500 e. The minimum atomic E-state index is -0.312. The van der Waals surface area contributed by atoms with Crippen LogP contribution >= 0.6 is 23.0 Å². The number of halogens is 1. The van der Waals surface area contributed by atoms with Crippen LogP contribution in [-0.2, 0) is 25.4 Å². The summed E-state index contributed by atoms with van der Waals surface area (Å²) < 4.78 is 10.4. The van der Waals surface area contributed by atoms with Crippen molar-refractivity contribution in [2.45, 2.75) is 38.5 Å². The topological polar surface area (TPSA) is 35.5 Å². The Balaban J connectivity index is 1.82. The first-order valence-corrected chi connectivity index (χ1v) is 9.19. The molecule has 2 aliphatic carbocycles. The van der Waals surface area contributed by atoms with Crippen molar-refractivity contribution < 1.29 is 12.6 Å². The number of hydrogen-bond acceptors (Lipinski definition) is 3. The first-order valence-electron chi connectivity index (χ1n) is 8.31. The van der Waals surface area contributed by atoms with Gasteiger partial charge in [-0.05, 0) is 54.4 Å². The second kappa shape index (κ2) is 8.01. The van der Waals surface area contributed by atoms with Gasteiger partial charge in [-0.2, -0.15) is 0 Å². The molecule has 3 nitrogen and oxygen atoms in total. The standard InChI is InChI=1S/C20H21IO3/c1-23-18-11-5-9-16(19(18)20(22)24-21)13-12-15-8-4-7-14-6-2-3-10-17(14)15/h3-4,7-10H,2,5-6,11-13H2,1H3. The van der Waals surface area contributed by atoms with Gasteiger partial charge in [-0.15, -0.1) is 0 Å². The summed E-state index contributed by atoms with van der Waals surface area (Å²) in [5.74, 6) is 0.428. The lowest BCUT2D eigenvalue weighted by atomic mass is 9.88. The molecule has 1 aromatic rings. The van der Waals surface area contributed by atoms with Crippen LogP contribution in [0.4, 0.5) is 0 Å². The van der Waals surface area contributed by atoms with Gasteiger partial charge in [-0.1, -0.05) is 36.4 Å². The predicted octanol–water partition coefficient (Wildman–Crippen LogP) is 5.09. The summed E-state index contributed by atoms with van der Waals surface area (Å²) in [6.45, 7) is 0. The van der Waals surface area contributed by atoms with Gasteiger partial charge >= 0.3 is 5.97 Å². The summed E-state index contributed by atoms with van der Waals surface area (Å²) in [6, 6.07) is 6.54. The molecule has 0 radical (unpaired) electrons. The number of allylic oxidation sites excluding steroid dienone is 3. The fraction of sp³-hybridized carbons (Fsp3) is 0.350. The van der Waals surface area contributed by atoms with Gasteiger partial charge in [0.25, 0.3) is 0 Å². The normalized spacial score (nSPS) is 16.5. The number of ether oxygens (including phenoxy) is 1. The van der Waals surface area contributed by atoms with E-state index in [2.05, 4.69) is 36.4 Å². The molecule has 3 rings (SSSR count). The van der Waals surface area contributed by atoms with Gasteiger partial charge in [0, 0.05) is 6.42 Å². The zero-order valence-corrected chi connectivity index (χ0v) is 16.0. The van der Waals surface area contributed by atoms with Gasteiger partial charge in [0.2, 0.25) is 0 Å². The summed E-state index contributed by atoms with van der Waals surface area (Å²) >= 11 is 1.64. The highest BCUT2D eigenvalue weighted by atomic mass is 127. The molecule has 0 aromatic heterocycles. The zero-order chi connectivity index (χ0) is 16.9. The van der Waals surface area contributed by atoms with Crippen LogP contribution in [0.25, 0.3) is 6.08 Å². The molecule has 2 aliphatic rings. The molecular weight excluding hydrogens is 415 g/mol. The van der Waals surface area contributed by atoms with Crippen LogP contribution in [0.5, 0.6) is 0 Å². The van der Waals surface area contributed by atoms with Crippen molar-refractivity contribution in [3.63, 3.8) is 0 Å². The van der Waals surface area contributed by atoms with E-state index in [4.69, 9.17) is 7.80 Å². The number of hydrogen-bond donors (Lipinski definition) is 0. The molecule has 0 amide bonds. The van der Waals surface area contributed by atoms with E-state index >= 15 is 0 Å². The molecule has 0 unspecified atom stereocenters. The zero-order valence-electron chi connectivity index (χ0n) is 13.8. The van der Waals surface area contributed by atoms with Gasteiger partial charge in [-0.3, -0.25) is 0 Å². The second-order valence-electron chi connectivity index (χ2n) is 6.07. The summed E-state index contributed by atoms with van der Waals surface area (Å²) in [5.41, 5.74) is 5.77. The Hall–Kier alpha value is -1.56. The molecule has 1 aromatic carbocycles. The molecule has 126 valence electrons. The third-order valence-corrected chi connectivity index (χ3v) is 5.10. The van der Waals surface area contributed by atoms with Gasteiger partial charge in [-0.25, -0.2) is 4.79 Å². The van der Waals surface area contributed by atoms with E-state index in [-0.39, 0.29) is 5.97 Å². The van der Waals surface area contributed by atoms with Crippen molar-refractivity contribution in [3.05, 3.63) is 63.9 Å². The third-order valence-electron chi connectivity index (χ3n) is 4.70. The molecule has 0 spiro atoms. The van der Waals surface area contributed by atoms with Gasteiger partial charge in [0.1, 0.15) is 11.3 Å². The lowest BCUT2D eigenvalue weighted by Gasteiger charge is -2.20. The van der Waals surface area contributed by atoms with Gasteiger partial charge in [0.15, 0.2) is 23.0 Å². The molecule has 0 fully saturated rings. The highest BCUT2D eigenvalue weighted by Crippen LogP contribution is 2.31. The number of aryl methyl sites for hydroxylation is 2. The van der Waals surface area contributed by atoms with Crippen LogP contribution in [0, 0.1) is 0 Å². The van der Waals surface area contributed by atoms with Crippen molar-refractivity contribution in [3.8, 4) is 0 Å². The van der Waals surface area contributed by atoms with E-state index < -0.39 is 0 Å². The third kappa shape index (κ3) is 3.58.